The van der Waals surface area contributed by atoms with Gasteiger partial charge >= 0.3 is 6.09 Å². The average molecular weight is 434 g/mol. The van der Waals surface area contributed by atoms with Crippen LogP contribution in [0, 0.1) is 5.82 Å². The third kappa shape index (κ3) is 4.80. The van der Waals surface area contributed by atoms with Gasteiger partial charge in [0.15, 0.2) is 0 Å². The first-order chi connectivity index (χ1) is 14.9. The number of anilines is 1. The first kappa shape index (κ1) is 21.5. The quantitative estimate of drug-likeness (QED) is 0.662. The molecule has 0 unspecified atom stereocenters. The number of halogens is 1. The number of carbonyl (C=O) groups is 3. The van der Waals surface area contributed by atoms with Crippen LogP contribution in [0.2, 0.25) is 0 Å². The highest BCUT2D eigenvalue weighted by Crippen LogP contribution is 2.22. The van der Waals surface area contributed by atoms with Crippen LogP contribution in [-0.2, 0) is 25.7 Å². The summed E-state index contributed by atoms with van der Waals surface area (Å²) in [6.45, 7) is 6.52. The topological polar surface area (TPSA) is 82.6 Å². The van der Waals surface area contributed by atoms with E-state index < -0.39 is 17.9 Å². The smallest absolute Gasteiger partial charge is 0.378 e. The van der Waals surface area contributed by atoms with Crippen molar-refractivity contribution in [2.45, 2.75) is 32.4 Å². The molecule has 0 aliphatic carbocycles. The number of nitrogens with zero attached hydrogens (tertiary/aromatic N) is 4. The minimum atomic E-state index is -0.711. The van der Waals surface area contributed by atoms with Crippen LogP contribution in [0.25, 0.3) is 0 Å². The molecule has 1 atom stereocenters. The van der Waals surface area contributed by atoms with Crippen LogP contribution in [0.5, 0.6) is 0 Å². The second-order valence-electron chi connectivity index (χ2n) is 8.09. The molecule has 3 amide bonds. The van der Waals surface area contributed by atoms with Crippen molar-refractivity contribution in [3.63, 3.8) is 0 Å². The largest absolute Gasteiger partial charge is 0.435 e. The number of ether oxygens (including phenoxy) is 1. The van der Waals surface area contributed by atoms with Gasteiger partial charge in [-0.25, -0.2) is 9.18 Å². The fourth-order valence-corrected chi connectivity index (χ4v) is 4.16. The molecule has 0 N–H and O–H groups in total. The van der Waals surface area contributed by atoms with E-state index in [-0.39, 0.29) is 24.7 Å². The molecule has 3 fully saturated rings. The van der Waals surface area contributed by atoms with Gasteiger partial charge in [0.25, 0.3) is 11.8 Å². The lowest BCUT2D eigenvalue weighted by atomic mass is 10.1. The highest BCUT2D eigenvalue weighted by Gasteiger charge is 2.36. The van der Waals surface area contributed by atoms with Crippen molar-refractivity contribution in [1.29, 1.82) is 0 Å². The predicted molar refractivity (Wildman–Crippen MR) is 108 cm³/mol. The van der Waals surface area contributed by atoms with Crippen molar-refractivity contribution in [1.82, 2.24) is 14.9 Å². The van der Waals surface area contributed by atoms with Crippen LogP contribution in [0.1, 0.15) is 25.3 Å². The number of imide groups is 1. The third-order valence-corrected chi connectivity index (χ3v) is 5.93. The molecule has 168 valence electrons. The van der Waals surface area contributed by atoms with Gasteiger partial charge in [-0.1, -0.05) is 6.07 Å². The average Bonchev–Trinajstić information content (AvgIpc) is 3.08. The van der Waals surface area contributed by atoms with Gasteiger partial charge in [0.1, 0.15) is 5.82 Å². The van der Waals surface area contributed by atoms with Crippen molar-refractivity contribution in [3.05, 3.63) is 29.6 Å². The lowest BCUT2D eigenvalue weighted by Gasteiger charge is -2.39. The lowest BCUT2D eigenvalue weighted by molar-refractivity contribution is -0.174. The molecule has 4 rings (SSSR count). The Balaban J connectivity index is 1.32. The summed E-state index contributed by atoms with van der Waals surface area (Å²) in [6.07, 6.45) is -0.590. The molecule has 9 nitrogen and oxygen atoms in total. The molecule has 0 bridgehead atoms. The molecule has 0 spiro atoms. The molecule has 3 aliphatic heterocycles. The van der Waals surface area contributed by atoms with E-state index >= 15 is 0 Å². The normalized spacial score (nSPS) is 22.9. The molecule has 0 radical (unpaired) electrons. The second-order valence-corrected chi connectivity index (χ2v) is 8.09. The van der Waals surface area contributed by atoms with E-state index in [1.807, 2.05) is 19.1 Å². The van der Waals surface area contributed by atoms with E-state index in [9.17, 15) is 18.8 Å². The molecule has 10 heteroatoms. The van der Waals surface area contributed by atoms with Gasteiger partial charge in [-0.2, -0.15) is 0 Å². The number of piperazine rings is 1. The molecular formula is C21H27FN4O5. The molecule has 3 saturated heterocycles. The monoisotopic (exact) mass is 434 g/mol. The van der Waals surface area contributed by atoms with Gasteiger partial charge < -0.3 is 19.4 Å². The van der Waals surface area contributed by atoms with Gasteiger partial charge in [0.05, 0.1) is 13.2 Å². The number of carbonyl (C=O) groups excluding carboxylic acids is 3. The number of hydroxylamine groups is 2. The minimum absolute atomic E-state index is 0.0608. The summed E-state index contributed by atoms with van der Waals surface area (Å²) in [7, 11) is 0. The second kappa shape index (κ2) is 9.19. The Morgan fingerprint density at radius 2 is 1.84 bits per heavy atom. The Labute approximate surface area is 180 Å². The highest BCUT2D eigenvalue weighted by molar-refractivity contribution is 6.01. The fraction of sp³-hybridized carbons (Fsp3) is 0.571. The van der Waals surface area contributed by atoms with Crippen LogP contribution < -0.4 is 4.90 Å². The maximum Gasteiger partial charge on any atom is 0.435 e. The summed E-state index contributed by atoms with van der Waals surface area (Å²) in [6, 6.07) is 5.12. The molecular weight excluding hydrogens is 407 g/mol. The van der Waals surface area contributed by atoms with Crippen LogP contribution in [-0.4, -0.2) is 84.8 Å². The van der Waals surface area contributed by atoms with Gasteiger partial charge in [0, 0.05) is 69.4 Å². The number of amides is 3. The van der Waals surface area contributed by atoms with Crippen molar-refractivity contribution in [2.24, 2.45) is 0 Å². The first-order valence-corrected chi connectivity index (χ1v) is 10.6. The van der Waals surface area contributed by atoms with Crippen molar-refractivity contribution >= 4 is 23.6 Å². The zero-order valence-corrected chi connectivity index (χ0v) is 17.6. The zero-order valence-electron chi connectivity index (χ0n) is 17.6. The Kier molecular flexibility index (Phi) is 6.38. The molecule has 1 aromatic carbocycles. The fourth-order valence-electron chi connectivity index (χ4n) is 4.16. The van der Waals surface area contributed by atoms with E-state index in [0.717, 1.165) is 18.8 Å². The van der Waals surface area contributed by atoms with Gasteiger partial charge in [-0.3, -0.25) is 14.5 Å². The van der Waals surface area contributed by atoms with Crippen molar-refractivity contribution in [2.75, 3.05) is 50.8 Å². The van der Waals surface area contributed by atoms with Crippen molar-refractivity contribution in [3.8, 4) is 0 Å². The number of morpholine rings is 1. The Morgan fingerprint density at radius 3 is 2.48 bits per heavy atom. The number of hydrogen-bond acceptors (Lipinski definition) is 7. The summed E-state index contributed by atoms with van der Waals surface area (Å²) in [5, 5.41) is 0.562. The van der Waals surface area contributed by atoms with E-state index in [1.165, 1.54) is 4.90 Å². The third-order valence-electron chi connectivity index (χ3n) is 5.93. The molecule has 31 heavy (non-hydrogen) atoms. The highest BCUT2D eigenvalue weighted by atomic mass is 19.1. The number of rotatable bonds is 4. The molecule has 0 aromatic heterocycles. The van der Waals surface area contributed by atoms with Crippen LogP contribution in [0.3, 0.4) is 0 Å². The molecule has 1 aromatic rings. The van der Waals surface area contributed by atoms with Gasteiger partial charge in [-0.15, -0.1) is 5.06 Å². The van der Waals surface area contributed by atoms with Crippen molar-refractivity contribution < 1.29 is 28.3 Å². The minimum Gasteiger partial charge on any atom is -0.378 e. The number of hydrogen-bond donors (Lipinski definition) is 0. The summed E-state index contributed by atoms with van der Waals surface area (Å²) >= 11 is 0. The summed E-state index contributed by atoms with van der Waals surface area (Å²) in [4.78, 5) is 46.4. The van der Waals surface area contributed by atoms with E-state index in [0.29, 0.717) is 50.0 Å². The molecule has 3 heterocycles. The molecule has 3 aliphatic rings. The van der Waals surface area contributed by atoms with Crippen LogP contribution in [0.15, 0.2) is 18.2 Å². The Hall–Kier alpha value is -2.72. The molecule has 0 saturated carbocycles. The lowest BCUT2D eigenvalue weighted by Crippen LogP contribution is -2.54. The van der Waals surface area contributed by atoms with E-state index in [2.05, 4.69) is 9.80 Å². The van der Waals surface area contributed by atoms with Crippen LogP contribution in [0.4, 0.5) is 14.9 Å². The summed E-state index contributed by atoms with van der Waals surface area (Å²) < 4.78 is 20.1. The van der Waals surface area contributed by atoms with Gasteiger partial charge in [-0.05, 0) is 19.1 Å². The maximum absolute atomic E-state index is 14.7. The SMILES string of the molecule is C[C@@H]1CN(Cc2ccc(N3CCOCC3)cc2F)CCN1C(=O)ON1C(=O)CCC1=O. The Bertz CT molecular complexity index is 844. The van der Waals surface area contributed by atoms with Gasteiger partial charge in [0.2, 0.25) is 0 Å². The standard InChI is InChI=1S/C21H27FN4O5/c1-15-13-23(6-7-25(15)21(29)31-26-19(27)4-5-20(26)28)14-16-2-3-17(12-18(16)22)24-8-10-30-11-9-24/h2-3,12,15H,4-11,13-14H2,1H3/t15-/m1/s1. The first-order valence-electron chi connectivity index (χ1n) is 10.6. The predicted octanol–water partition coefficient (Wildman–Crippen LogP) is 1.37. The van der Waals surface area contributed by atoms with E-state index in [4.69, 9.17) is 9.57 Å². The van der Waals surface area contributed by atoms with E-state index in [1.54, 1.807) is 6.07 Å². The Morgan fingerprint density at radius 1 is 1.13 bits per heavy atom. The summed E-state index contributed by atoms with van der Waals surface area (Å²) in [5.41, 5.74) is 1.46. The van der Waals surface area contributed by atoms with Crippen LogP contribution >= 0.6 is 0 Å². The maximum atomic E-state index is 14.7. The zero-order chi connectivity index (χ0) is 22.0. The number of benzene rings is 1. The summed E-state index contributed by atoms with van der Waals surface area (Å²) in [5.74, 6) is -1.24.